The first kappa shape index (κ1) is 15.0. The number of Topliss-reactive ketones (excluding diaryl/α,β-unsaturated/α-hetero) is 1. The summed E-state index contributed by atoms with van der Waals surface area (Å²) < 4.78 is 5.55. The number of carbonyl (C=O) groups is 1. The summed E-state index contributed by atoms with van der Waals surface area (Å²) >= 11 is 0. The van der Waals surface area contributed by atoms with Crippen molar-refractivity contribution >= 4 is 5.78 Å². The van der Waals surface area contributed by atoms with E-state index in [-0.39, 0.29) is 5.78 Å². The maximum atomic E-state index is 12.5. The third-order valence-corrected chi connectivity index (χ3v) is 4.13. The van der Waals surface area contributed by atoms with Gasteiger partial charge in [-0.2, -0.15) is 0 Å². The Morgan fingerprint density at radius 2 is 2.25 bits per heavy atom. The number of carbonyl (C=O) groups excluding carboxylic acids is 1. The van der Waals surface area contributed by atoms with Crippen molar-refractivity contribution < 1.29 is 9.53 Å². The summed E-state index contributed by atoms with van der Waals surface area (Å²) in [4.78, 5) is 12.5. The first-order valence-corrected chi connectivity index (χ1v) is 7.68. The highest BCUT2D eigenvalue weighted by molar-refractivity contribution is 5.98. The normalized spacial score (nSPS) is 20.4. The molecule has 1 saturated heterocycles. The lowest BCUT2D eigenvalue weighted by molar-refractivity contribution is 0.0939. The Hall–Kier alpha value is -1.35. The smallest absolute Gasteiger partial charge is 0.166 e. The van der Waals surface area contributed by atoms with E-state index in [2.05, 4.69) is 12.2 Å². The number of nitrogens with one attached hydrogen (secondary N) is 1. The van der Waals surface area contributed by atoms with Crippen LogP contribution in [-0.4, -0.2) is 25.5 Å². The van der Waals surface area contributed by atoms with Gasteiger partial charge in [0.2, 0.25) is 0 Å². The highest BCUT2D eigenvalue weighted by Gasteiger charge is 2.23. The van der Waals surface area contributed by atoms with Crippen LogP contribution in [0.2, 0.25) is 0 Å². The fraction of sp³-hybridized carbons (Fsp3) is 0.588. The summed E-state index contributed by atoms with van der Waals surface area (Å²) in [6, 6.07) is 7.57. The van der Waals surface area contributed by atoms with E-state index in [0.717, 1.165) is 18.7 Å². The lowest BCUT2D eigenvalue weighted by Gasteiger charge is -2.28. The van der Waals surface area contributed by atoms with Gasteiger partial charge in [-0.05, 0) is 56.8 Å². The lowest BCUT2D eigenvalue weighted by Crippen LogP contribution is -2.34. The Morgan fingerprint density at radius 1 is 1.45 bits per heavy atom. The zero-order valence-corrected chi connectivity index (χ0v) is 12.5. The van der Waals surface area contributed by atoms with Crippen LogP contribution in [-0.2, 0) is 0 Å². The van der Waals surface area contributed by atoms with Crippen molar-refractivity contribution in [1.29, 1.82) is 0 Å². The molecule has 0 saturated carbocycles. The Bertz CT molecular complexity index is 438. The van der Waals surface area contributed by atoms with Crippen LogP contribution in [0.5, 0.6) is 5.75 Å². The van der Waals surface area contributed by atoms with Gasteiger partial charge in [-0.25, -0.2) is 0 Å². The van der Waals surface area contributed by atoms with Crippen LogP contribution >= 0.6 is 0 Å². The maximum Gasteiger partial charge on any atom is 0.166 e. The van der Waals surface area contributed by atoms with Gasteiger partial charge in [-0.3, -0.25) is 4.79 Å². The zero-order chi connectivity index (χ0) is 14.4. The fourth-order valence-electron chi connectivity index (χ4n) is 2.91. The molecule has 0 aliphatic carbocycles. The highest BCUT2D eigenvalue weighted by atomic mass is 16.5. The summed E-state index contributed by atoms with van der Waals surface area (Å²) in [6.45, 7) is 6.88. The average Bonchev–Trinajstić information content (AvgIpc) is 2.49. The van der Waals surface area contributed by atoms with Crippen LogP contribution in [0.3, 0.4) is 0 Å². The quantitative estimate of drug-likeness (QED) is 0.810. The van der Waals surface area contributed by atoms with Gasteiger partial charge >= 0.3 is 0 Å². The van der Waals surface area contributed by atoms with Crippen LogP contribution in [0.15, 0.2) is 24.3 Å². The van der Waals surface area contributed by atoms with Crippen molar-refractivity contribution in [2.45, 2.75) is 33.1 Å². The van der Waals surface area contributed by atoms with Crippen LogP contribution in [0, 0.1) is 11.8 Å². The molecular formula is C17H25NO2. The molecule has 2 unspecified atom stereocenters. The number of hydrogen-bond acceptors (Lipinski definition) is 3. The molecule has 1 N–H and O–H groups in total. The Labute approximate surface area is 121 Å². The van der Waals surface area contributed by atoms with Gasteiger partial charge in [0.1, 0.15) is 5.75 Å². The molecule has 0 aromatic heterocycles. The van der Waals surface area contributed by atoms with Crippen molar-refractivity contribution in [3.63, 3.8) is 0 Å². The minimum Gasteiger partial charge on any atom is -0.493 e. The van der Waals surface area contributed by atoms with Gasteiger partial charge in [0.15, 0.2) is 5.78 Å². The van der Waals surface area contributed by atoms with Crippen molar-refractivity contribution in [3.8, 4) is 5.75 Å². The second kappa shape index (κ2) is 7.44. The third-order valence-electron chi connectivity index (χ3n) is 4.13. The van der Waals surface area contributed by atoms with Crippen LogP contribution < -0.4 is 10.1 Å². The molecule has 110 valence electrons. The van der Waals surface area contributed by atoms with Gasteiger partial charge in [0, 0.05) is 6.42 Å². The molecule has 1 heterocycles. The zero-order valence-electron chi connectivity index (χ0n) is 12.5. The predicted octanol–water partition coefficient (Wildman–Crippen LogP) is 3.29. The molecule has 1 aliphatic heterocycles. The number of hydrogen-bond donors (Lipinski definition) is 1. The first-order valence-electron chi connectivity index (χ1n) is 7.68. The Balaban J connectivity index is 2.00. The molecule has 1 aromatic rings. The van der Waals surface area contributed by atoms with Gasteiger partial charge < -0.3 is 10.1 Å². The van der Waals surface area contributed by atoms with Crippen molar-refractivity contribution in [3.05, 3.63) is 29.8 Å². The van der Waals surface area contributed by atoms with Gasteiger partial charge in [-0.15, -0.1) is 0 Å². The largest absolute Gasteiger partial charge is 0.493 e. The molecule has 0 radical (unpaired) electrons. The van der Waals surface area contributed by atoms with Crippen LogP contribution in [0.25, 0.3) is 0 Å². The fourth-order valence-corrected chi connectivity index (χ4v) is 2.91. The molecule has 0 bridgehead atoms. The number of ether oxygens (including phenoxy) is 1. The molecule has 2 rings (SSSR count). The number of ketones is 1. The summed E-state index contributed by atoms with van der Waals surface area (Å²) in [6.07, 6.45) is 3.06. The first-order chi connectivity index (χ1) is 9.72. The van der Waals surface area contributed by atoms with Gasteiger partial charge in [0.05, 0.1) is 12.2 Å². The summed E-state index contributed by atoms with van der Waals surface area (Å²) in [7, 11) is 0. The molecule has 1 aliphatic rings. The number of piperidine rings is 1. The Kier molecular flexibility index (Phi) is 5.60. The third kappa shape index (κ3) is 3.83. The standard InChI is InChI=1S/C17H25NO2/c1-3-20-17-9-5-4-8-15(17)16(19)11-13(2)14-7-6-10-18-12-14/h4-5,8-9,13-14,18H,3,6-7,10-12H2,1-2H3. The summed E-state index contributed by atoms with van der Waals surface area (Å²) in [5, 5.41) is 3.42. The second-order valence-corrected chi connectivity index (χ2v) is 5.64. The monoisotopic (exact) mass is 275 g/mol. The summed E-state index contributed by atoms with van der Waals surface area (Å²) in [5.74, 6) is 1.96. The van der Waals surface area contributed by atoms with Crippen LogP contribution in [0.1, 0.15) is 43.5 Å². The molecule has 1 aromatic carbocycles. The molecule has 3 heteroatoms. The minimum absolute atomic E-state index is 0.201. The van der Waals surface area contributed by atoms with Crippen molar-refractivity contribution in [2.75, 3.05) is 19.7 Å². The molecule has 0 spiro atoms. The van der Waals surface area contributed by atoms with E-state index in [1.165, 1.54) is 12.8 Å². The number of rotatable bonds is 6. The molecular weight excluding hydrogens is 250 g/mol. The average molecular weight is 275 g/mol. The highest BCUT2D eigenvalue weighted by Crippen LogP contribution is 2.26. The molecule has 2 atom stereocenters. The van der Waals surface area contributed by atoms with E-state index in [1.54, 1.807) is 0 Å². The molecule has 20 heavy (non-hydrogen) atoms. The minimum atomic E-state index is 0.201. The van der Waals surface area contributed by atoms with E-state index >= 15 is 0 Å². The van der Waals surface area contributed by atoms with Gasteiger partial charge in [0.25, 0.3) is 0 Å². The number of para-hydroxylation sites is 1. The number of benzene rings is 1. The van der Waals surface area contributed by atoms with Gasteiger partial charge in [-0.1, -0.05) is 19.1 Å². The van der Waals surface area contributed by atoms with Crippen molar-refractivity contribution in [2.24, 2.45) is 11.8 Å². The second-order valence-electron chi connectivity index (χ2n) is 5.64. The predicted molar refractivity (Wildman–Crippen MR) is 81.3 cm³/mol. The Morgan fingerprint density at radius 3 is 2.95 bits per heavy atom. The SMILES string of the molecule is CCOc1ccccc1C(=O)CC(C)C1CCCNC1. The van der Waals surface area contributed by atoms with Crippen molar-refractivity contribution in [1.82, 2.24) is 5.32 Å². The van der Waals surface area contributed by atoms with Crippen LogP contribution in [0.4, 0.5) is 0 Å². The maximum absolute atomic E-state index is 12.5. The van der Waals surface area contributed by atoms with E-state index in [0.29, 0.717) is 30.6 Å². The van der Waals surface area contributed by atoms with E-state index < -0.39 is 0 Å². The molecule has 1 fully saturated rings. The topological polar surface area (TPSA) is 38.3 Å². The molecule has 0 amide bonds. The van der Waals surface area contributed by atoms with E-state index in [9.17, 15) is 4.79 Å². The van der Waals surface area contributed by atoms with E-state index in [1.807, 2.05) is 31.2 Å². The van der Waals surface area contributed by atoms with E-state index in [4.69, 9.17) is 4.74 Å². The molecule has 3 nitrogen and oxygen atoms in total. The lowest BCUT2D eigenvalue weighted by atomic mass is 9.83. The summed E-state index contributed by atoms with van der Waals surface area (Å²) in [5.41, 5.74) is 0.727.